The number of hydrogen-bond donors (Lipinski definition) is 1. The van der Waals surface area contributed by atoms with E-state index in [1.165, 1.54) is 6.26 Å². The Bertz CT molecular complexity index is 489. The predicted octanol–water partition coefficient (Wildman–Crippen LogP) is 2.41. The molecule has 0 saturated carbocycles. The van der Waals surface area contributed by atoms with Crippen LogP contribution in [0.4, 0.5) is 0 Å². The molecule has 0 amide bonds. The number of carboxylic acids is 1. The highest BCUT2D eigenvalue weighted by atomic mass is 16.4. The SMILES string of the molecule is CCC(C(=O)O)c1coc2cccnc12. The fourth-order valence-electron chi connectivity index (χ4n) is 1.66. The van der Waals surface area contributed by atoms with Gasteiger partial charge in [0.25, 0.3) is 0 Å². The zero-order valence-corrected chi connectivity index (χ0v) is 8.30. The Morgan fingerprint density at radius 2 is 2.47 bits per heavy atom. The summed E-state index contributed by atoms with van der Waals surface area (Å²) in [7, 11) is 0. The van der Waals surface area contributed by atoms with E-state index in [1.807, 2.05) is 6.92 Å². The van der Waals surface area contributed by atoms with Gasteiger partial charge < -0.3 is 9.52 Å². The zero-order chi connectivity index (χ0) is 10.8. The number of pyridine rings is 1. The van der Waals surface area contributed by atoms with E-state index < -0.39 is 11.9 Å². The van der Waals surface area contributed by atoms with Gasteiger partial charge in [0, 0.05) is 11.8 Å². The molecule has 0 fully saturated rings. The molecule has 0 spiro atoms. The Kier molecular flexibility index (Phi) is 2.41. The van der Waals surface area contributed by atoms with Crippen LogP contribution in [0, 0.1) is 0 Å². The molecule has 4 heteroatoms. The number of aromatic nitrogens is 1. The number of aliphatic carboxylic acids is 1. The molecule has 0 aromatic carbocycles. The Hall–Kier alpha value is -1.84. The first kappa shape index (κ1) is 9.71. The largest absolute Gasteiger partial charge is 0.481 e. The van der Waals surface area contributed by atoms with Crippen molar-refractivity contribution >= 4 is 17.1 Å². The van der Waals surface area contributed by atoms with Crippen molar-refractivity contribution in [3.63, 3.8) is 0 Å². The number of rotatable bonds is 3. The molecule has 2 aromatic rings. The molecule has 0 saturated heterocycles. The van der Waals surface area contributed by atoms with E-state index in [-0.39, 0.29) is 0 Å². The lowest BCUT2D eigenvalue weighted by Crippen LogP contribution is -2.09. The summed E-state index contributed by atoms with van der Waals surface area (Å²) in [5.74, 6) is -1.38. The minimum Gasteiger partial charge on any atom is -0.481 e. The van der Waals surface area contributed by atoms with Crippen LogP contribution in [0.5, 0.6) is 0 Å². The van der Waals surface area contributed by atoms with Crippen molar-refractivity contribution in [1.82, 2.24) is 4.98 Å². The van der Waals surface area contributed by atoms with Crippen LogP contribution in [0.15, 0.2) is 29.0 Å². The summed E-state index contributed by atoms with van der Waals surface area (Å²) in [4.78, 5) is 15.1. The first-order chi connectivity index (χ1) is 7.24. The van der Waals surface area contributed by atoms with E-state index in [1.54, 1.807) is 18.3 Å². The molecule has 2 heterocycles. The minimum absolute atomic E-state index is 0.528. The summed E-state index contributed by atoms with van der Waals surface area (Å²) < 4.78 is 5.26. The molecule has 0 aliphatic heterocycles. The molecule has 2 aromatic heterocycles. The van der Waals surface area contributed by atoms with E-state index in [2.05, 4.69) is 4.98 Å². The smallest absolute Gasteiger partial charge is 0.311 e. The monoisotopic (exact) mass is 205 g/mol. The molecule has 4 nitrogen and oxygen atoms in total. The van der Waals surface area contributed by atoms with Crippen LogP contribution in [0.25, 0.3) is 11.1 Å². The number of carbonyl (C=O) groups is 1. The van der Waals surface area contributed by atoms with Gasteiger partial charge in [0.1, 0.15) is 5.52 Å². The van der Waals surface area contributed by atoms with Crippen molar-refractivity contribution in [1.29, 1.82) is 0 Å². The highest BCUT2D eigenvalue weighted by Crippen LogP contribution is 2.28. The first-order valence-electron chi connectivity index (χ1n) is 4.79. The van der Waals surface area contributed by atoms with Crippen LogP contribution in [0.1, 0.15) is 24.8 Å². The van der Waals surface area contributed by atoms with Crippen LogP contribution >= 0.6 is 0 Å². The highest BCUT2D eigenvalue weighted by molar-refractivity contribution is 5.85. The summed E-state index contributed by atoms with van der Waals surface area (Å²) in [6.45, 7) is 1.83. The van der Waals surface area contributed by atoms with Crippen molar-refractivity contribution in [2.45, 2.75) is 19.3 Å². The van der Waals surface area contributed by atoms with Crippen molar-refractivity contribution in [3.8, 4) is 0 Å². The molecular weight excluding hydrogens is 194 g/mol. The topological polar surface area (TPSA) is 63.3 Å². The molecule has 0 aliphatic carbocycles. The van der Waals surface area contributed by atoms with E-state index in [4.69, 9.17) is 9.52 Å². The Balaban J connectivity index is 2.55. The molecule has 15 heavy (non-hydrogen) atoms. The fraction of sp³-hybridized carbons (Fsp3) is 0.273. The Morgan fingerprint density at radius 3 is 3.13 bits per heavy atom. The maximum atomic E-state index is 11.0. The van der Waals surface area contributed by atoms with Gasteiger partial charge >= 0.3 is 5.97 Å². The van der Waals surface area contributed by atoms with E-state index in [9.17, 15) is 4.79 Å². The lowest BCUT2D eigenvalue weighted by Gasteiger charge is -2.06. The van der Waals surface area contributed by atoms with Gasteiger partial charge in [-0.25, -0.2) is 0 Å². The van der Waals surface area contributed by atoms with Crippen molar-refractivity contribution in [2.75, 3.05) is 0 Å². The lowest BCUT2D eigenvalue weighted by atomic mass is 9.98. The summed E-state index contributed by atoms with van der Waals surface area (Å²) in [6.07, 6.45) is 3.65. The van der Waals surface area contributed by atoms with Gasteiger partial charge in [-0.2, -0.15) is 0 Å². The van der Waals surface area contributed by atoms with Gasteiger partial charge in [-0.15, -0.1) is 0 Å². The Labute approximate surface area is 86.5 Å². The van der Waals surface area contributed by atoms with Crippen LogP contribution in [-0.4, -0.2) is 16.1 Å². The molecule has 1 atom stereocenters. The average molecular weight is 205 g/mol. The second kappa shape index (κ2) is 3.73. The summed E-state index contributed by atoms with van der Waals surface area (Å²) >= 11 is 0. The van der Waals surface area contributed by atoms with Crippen molar-refractivity contribution < 1.29 is 14.3 Å². The van der Waals surface area contributed by atoms with Gasteiger partial charge in [-0.05, 0) is 18.6 Å². The molecule has 2 rings (SSSR count). The normalized spacial score (nSPS) is 12.9. The number of hydrogen-bond acceptors (Lipinski definition) is 3. The molecule has 78 valence electrons. The first-order valence-corrected chi connectivity index (χ1v) is 4.79. The van der Waals surface area contributed by atoms with E-state index in [0.29, 0.717) is 23.1 Å². The maximum absolute atomic E-state index is 11.0. The molecule has 0 bridgehead atoms. The number of fused-ring (bicyclic) bond motifs is 1. The highest BCUT2D eigenvalue weighted by Gasteiger charge is 2.22. The van der Waals surface area contributed by atoms with Gasteiger partial charge in [0.05, 0.1) is 12.2 Å². The summed E-state index contributed by atoms with van der Waals surface area (Å²) in [6, 6.07) is 3.54. The molecule has 0 aliphatic rings. The quantitative estimate of drug-likeness (QED) is 0.835. The third kappa shape index (κ3) is 1.58. The van der Waals surface area contributed by atoms with E-state index >= 15 is 0 Å². The van der Waals surface area contributed by atoms with Crippen molar-refractivity contribution in [3.05, 3.63) is 30.2 Å². The number of carboxylic acid groups (broad SMARTS) is 1. The standard InChI is InChI=1S/C11H11NO3/c1-2-7(11(13)14)8-6-15-9-4-3-5-12-10(8)9/h3-7H,2H2,1H3,(H,13,14). The van der Waals surface area contributed by atoms with Crippen LogP contribution in [-0.2, 0) is 4.79 Å². The molecule has 0 radical (unpaired) electrons. The third-order valence-electron chi connectivity index (χ3n) is 2.44. The van der Waals surface area contributed by atoms with Gasteiger partial charge in [-0.3, -0.25) is 9.78 Å². The number of furan rings is 1. The second-order valence-electron chi connectivity index (χ2n) is 3.34. The van der Waals surface area contributed by atoms with Crippen LogP contribution < -0.4 is 0 Å². The maximum Gasteiger partial charge on any atom is 0.311 e. The van der Waals surface area contributed by atoms with Crippen molar-refractivity contribution in [2.24, 2.45) is 0 Å². The summed E-state index contributed by atoms with van der Waals surface area (Å²) in [5.41, 5.74) is 1.93. The van der Waals surface area contributed by atoms with Gasteiger partial charge in [0.15, 0.2) is 5.58 Å². The van der Waals surface area contributed by atoms with Crippen LogP contribution in [0.3, 0.4) is 0 Å². The minimum atomic E-state index is -0.842. The predicted molar refractivity (Wildman–Crippen MR) is 54.7 cm³/mol. The Morgan fingerprint density at radius 1 is 1.67 bits per heavy atom. The van der Waals surface area contributed by atoms with Gasteiger partial charge in [0.2, 0.25) is 0 Å². The summed E-state index contributed by atoms with van der Waals surface area (Å²) in [5, 5.41) is 9.04. The second-order valence-corrected chi connectivity index (χ2v) is 3.34. The molecule has 1 N–H and O–H groups in total. The fourth-order valence-corrected chi connectivity index (χ4v) is 1.66. The average Bonchev–Trinajstić information content (AvgIpc) is 2.63. The number of nitrogens with zero attached hydrogens (tertiary/aromatic N) is 1. The van der Waals surface area contributed by atoms with E-state index in [0.717, 1.165) is 0 Å². The zero-order valence-electron chi connectivity index (χ0n) is 8.30. The van der Waals surface area contributed by atoms with Gasteiger partial charge in [-0.1, -0.05) is 6.92 Å². The molecule has 1 unspecified atom stereocenters. The molecular formula is C11H11NO3. The van der Waals surface area contributed by atoms with Crippen LogP contribution in [0.2, 0.25) is 0 Å². The third-order valence-corrected chi connectivity index (χ3v) is 2.44. The lowest BCUT2D eigenvalue weighted by molar-refractivity contribution is -0.138.